The molecular weight excluding hydrogens is 182 g/mol. The van der Waals surface area contributed by atoms with E-state index in [0.29, 0.717) is 6.42 Å². The summed E-state index contributed by atoms with van der Waals surface area (Å²) in [6.07, 6.45) is 0.686. The second-order valence-corrected chi connectivity index (χ2v) is 3.38. The first-order valence-electron chi connectivity index (χ1n) is 4.79. The van der Waals surface area contributed by atoms with Gasteiger partial charge in [-0.25, -0.2) is 0 Å². The largest absolute Gasteiger partial charge is 0.481 e. The molecule has 0 saturated heterocycles. The molecule has 84 valence electrons. The lowest BCUT2D eigenvalue weighted by molar-refractivity contribution is -0.137. The van der Waals surface area contributed by atoms with Crippen LogP contribution in [0.4, 0.5) is 0 Å². The average molecular weight is 203 g/mol. The van der Waals surface area contributed by atoms with E-state index in [0.717, 1.165) is 0 Å². The minimum absolute atomic E-state index is 0.147. The van der Waals surface area contributed by atoms with E-state index in [-0.39, 0.29) is 18.1 Å². The molecule has 0 amide bonds. The van der Waals surface area contributed by atoms with Gasteiger partial charge in [-0.05, 0) is 34.5 Å². The summed E-state index contributed by atoms with van der Waals surface area (Å²) in [5, 5.41) is 18.0. The number of carboxylic acid groups (broad SMARTS) is 1. The average Bonchev–Trinajstić information content (AvgIpc) is 2.19. The number of carboxylic acids is 1. The van der Waals surface area contributed by atoms with E-state index < -0.39 is 5.97 Å². The third kappa shape index (κ3) is 3.25. The van der Waals surface area contributed by atoms with E-state index in [9.17, 15) is 4.79 Å². The molecule has 0 aromatic heterocycles. The second-order valence-electron chi connectivity index (χ2n) is 3.38. The Labute approximate surface area is 85.3 Å². The maximum absolute atomic E-state index is 10.5. The summed E-state index contributed by atoms with van der Waals surface area (Å²) in [5.41, 5.74) is -0.368. The highest BCUT2D eigenvalue weighted by Crippen LogP contribution is 2.13. The van der Waals surface area contributed by atoms with Gasteiger partial charge in [0.05, 0.1) is 5.66 Å². The van der Waals surface area contributed by atoms with Gasteiger partial charge in [0.15, 0.2) is 0 Å². The Balaban J connectivity index is 4.44. The molecule has 1 unspecified atom stereocenters. The third-order valence-electron chi connectivity index (χ3n) is 2.80. The molecule has 14 heavy (non-hydrogen) atoms. The summed E-state index contributed by atoms with van der Waals surface area (Å²) < 4.78 is 0. The molecule has 0 aromatic carbocycles. The molecule has 0 rings (SSSR count). The van der Waals surface area contributed by atoms with Gasteiger partial charge in [-0.15, -0.1) is 0 Å². The Bertz CT molecular complexity index is 181. The van der Waals surface area contributed by atoms with Gasteiger partial charge in [-0.1, -0.05) is 0 Å². The van der Waals surface area contributed by atoms with Crippen molar-refractivity contribution in [3.8, 4) is 0 Å². The van der Waals surface area contributed by atoms with Crippen molar-refractivity contribution in [3.05, 3.63) is 0 Å². The highest BCUT2D eigenvalue weighted by Gasteiger charge is 2.32. The molecule has 4 N–H and O–H groups in total. The van der Waals surface area contributed by atoms with Crippen molar-refractivity contribution < 1.29 is 9.90 Å². The fourth-order valence-corrected chi connectivity index (χ4v) is 1.58. The van der Waals surface area contributed by atoms with Crippen LogP contribution in [-0.4, -0.2) is 43.9 Å². The van der Waals surface area contributed by atoms with Crippen molar-refractivity contribution in [2.75, 3.05) is 21.1 Å². The van der Waals surface area contributed by atoms with Crippen LogP contribution in [0.25, 0.3) is 0 Å². The zero-order valence-corrected chi connectivity index (χ0v) is 9.35. The van der Waals surface area contributed by atoms with Crippen LogP contribution in [0.3, 0.4) is 0 Å². The lowest BCUT2D eigenvalue weighted by Gasteiger charge is -2.38. The topological polar surface area (TPSA) is 73.4 Å². The minimum Gasteiger partial charge on any atom is -0.481 e. The first-order valence-corrected chi connectivity index (χ1v) is 4.79. The zero-order chi connectivity index (χ0) is 11.2. The Hall–Kier alpha value is -0.650. The first kappa shape index (κ1) is 13.4. The van der Waals surface area contributed by atoms with Gasteiger partial charge < -0.3 is 21.1 Å². The van der Waals surface area contributed by atoms with E-state index in [1.54, 1.807) is 0 Å². The number of likely N-dealkylation sites (N-methyl/N-ethyl adjacent to an activating group) is 3. The van der Waals surface area contributed by atoms with Crippen LogP contribution >= 0.6 is 0 Å². The maximum atomic E-state index is 10.5. The molecule has 0 heterocycles. The molecule has 0 saturated carbocycles. The van der Waals surface area contributed by atoms with E-state index in [1.165, 1.54) is 0 Å². The fourth-order valence-electron chi connectivity index (χ4n) is 1.58. The molecule has 5 heteroatoms. The standard InChI is InChI=1S/C9H21N3O2/c1-7(10-2)9(11-3,12-4)6-5-8(13)14/h7,10-12H,5-6H2,1-4H3,(H,13,14). The Morgan fingerprint density at radius 1 is 1.36 bits per heavy atom. The minimum atomic E-state index is -0.775. The highest BCUT2D eigenvalue weighted by molar-refractivity contribution is 5.66. The van der Waals surface area contributed by atoms with E-state index in [2.05, 4.69) is 16.0 Å². The van der Waals surface area contributed by atoms with Crippen molar-refractivity contribution in [1.29, 1.82) is 0 Å². The van der Waals surface area contributed by atoms with Crippen molar-refractivity contribution in [1.82, 2.24) is 16.0 Å². The fraction of sp³-hybridized carbons (Fsp3) is 0.889. The summed E-state index contributed by atoms with van der Waals surface area (Å²) >= 11 is 0. The molecule has 0 fully saturated rings. The van der Waals surface area contributed by atoms with Crippen LogP contribution in [0, 0.1) is 0 Å². The number of hydrogen-bond acceptors (Lipinski definition) is 4. The SMILES string of the molecule is CNC(C)C(CCC(=O)O)(NC)NC. The summed E-state index contributed by atoms with van der Waals surface area (Å²) in [6, 6.07) is 0.150. The smallest absolute Gasteiger partial charge is 0.303 e. The molecular formula is C9H21N3O2. The van der Waals surface area contributed by atoms with Crippen molar-refractivity contribution in [2.45, 2.75) is 31.5 Å². The van der Waals surface area contributed by atoms with Gasteiger partial charge in [-0.3, -0.25) is 4.79 Å². The van der Waals surface area contributed by atoms with Crippen molar-refractivity contribution >= 4 is 5.97 Å². The van der Waals surface area contributed by atoms with Crippen LogP contribution in [0.15, 0.2) is 0 Å². The second kappa shape index (κ2) is 5.95. The predicted octanol–water partition coefficient (Wildman–Crippen LogP) is -0.406. The van der Waals surface area contributed by atoms with E-state index in [4.69, 9.17) is 5.11 Å². The van der Waals surface area contributed by atoms with Gasteiger partial charge in [0.25, 0.3) is 0 Å². The number of hydrogen-bond donors (Lipinski definition) is 4. The quantitative estimate of drug-likeness (QED) is 0.424. The molecule has 0 spiro atoms. The van der Waals surface area contributed by atoms with Crippen LogP contribution in [0.2, 0.25) is 0 Å². The van der Waals surface area contributed by atoms with E-state index in [1.807, 2.05) is 28.1 Å². The maximum Gasteiger partial charge on any atom is 0.303 e. The molecule has 0 bridgehead atoms. The van der Waals surface area contributed by atoms with Crippen LogP contribution < -0.4 is 16.0 Å². The summed E-state index contributed by atoms with van der Waals surface area (Å²) in [5.74, 6) is -0.775. The normalized spacial score (nSPS) is 14.0. The summed E-state index contributed by atoms with van der Waals surface area (Å²) in [7, 11) is 5.51. The van der Waals surface area contributed by atoms with Crippen molar-refractivity contribution in [3.63, 3.8) is 0 Å². The monoisotopic (exact) mass is 203 g/mol. The summed E-state index contributed by atoms with van der Waals surface area (Å²) in [4.78, 5) is 10.5. The van der Waals surface area contributed by atoms with Gasteiger partial charge >= 0.3 is 5.97 Å². The van der Waals surface area contributed by atoms with Crippen LogP contribution in [-0.2, 0) is 4.79 Å². The number of rotatable bonds is 7. The lowest BCUT2D eigenvalue weighted by Crippen LogP contribution is -2.64. The highest BCUT2D eigenvalue weighted by atomic mass is 16.4. The van der Waals surface area contributed by atoms with Gasteiger partial charge in [-0.2, -0.15) is 0 Å². The van der Waals surface area contributed by atoms with Gasteiger partial charge in [0.2, 0.25) is 0 Å². The van der Waals surface area contributed by atoms with Gasteiger partial charge in [0.1, 0.15) is 0 Å². The molecule has 1 atom stereocenters. The Kier molecular flexibility index (Phi) is 5.68. The van der Waals surface area contributed by atoms with Crippen molar-refractivity contribution in [2.24, 2.45) is 0 Å². The Morgan fingerprint density at radius 2 is 1.86 bits per heavy atom. The molecule has 0 aliphatic carbocycles. The lowest BCUT2D eigenvalue weighted by atomic mass is 9.96. The van der Waals surface area contributed by atoms with Crippen LogP contribution in [0.5, 0.6) is 0 Å². The zero-order valence-electron chi connectivity index (χ0n) is 9.35. The number of aliphatic carboxylic acids is 1. The number of carbonyl (C=O) groups is 1. The molecule has 5 nitrogen and oxygen atoms in total. The third-order valence-corrected chi connectivity index (χ3v) is 2.80. The first-order chi connectivity index (χ1) is 6.52. The van der Waals surface area contributed by atoms with Crippen LogP contribution in [0.1, 0.15) is 19.8 Å². The molecule has 0 aliphatic heterocycles. The molecule has 0 radical (unpaired) electrons. The van der Waals surface area contributed by atoms with E-state index >= 15 is 0 Å². The Morgan fingerprint density at radius 3 is 2.14 bits per heavy atom. The molecule has 0 aliphatic rings. The predicted molar refractivity (Wildman–Crippen MR) is 56.2 cm³/mol. The molecule has 0 aromatic rings. The number of nitrogens with one attached hydrogen (secondary N) is 3. The summed E-state index contributed by atoms with van der Waals surface area (Å²) in [6.45, 7) is 2.01. The van der Waals surface area contributed by atoms with Gasteiger partial charge in [0, 0.05) is 12.5 Å².